The summed E-state index contributed by atoms with van der Waals surface area (Å²) in [5, 5.41) is 0. The van der Waals surface area contributed by atoms with E-state index in [1.807, 2.05) is 0 Å². The van der Waals surface area contributed by atoms with Crippen LogP contribution in [0.1, 0.15) is 6.92 Å². The summed E-state index contributed by atoms with van der Waals surface area (Å²) in [6.45, 7) is 0.536. The molecule has 0 aliphatic carbocycles. The number of alkyl halides is 4. The van der Waals surface area contributed by atoms with Gasteiger partial charge in [-0.3, -0.25) is 0 Å². The van der Waals surface area contributed by atoms with E-state index < -0.39 is 24.6 Å². The number of hydrogen-bond donors (Lipinski definition) is 0. The molecule has 0 N–H and O–H groups in total. The zero-order chi connectivity index (χ0) is 10.7. The highest BCUT2D eigenvalue weighted by molar-refractivity contribution is 5.78. The van der Waals surface area contributed by atoms with E-state index in [1.165, 1.54) is 0 Å². The molecule has 0 radical (unpaired) electrons. The molecule has 0 amide bonds. The van der Waals surface area contributed by atoms with Crippen molar-refractivity contribution in [3.63, 3.8) is 0 Å². The predicted molar refractivity (Wildman–Crippen MR) is 33.5 cm³/mol. The van der Waals surface area contributed by atoms with Crippen LogP contribution in [0.2, 0.25) is 0 Å². The van der Waals surface area contributed by atoms with Gasteiger partial charge in [-0.25, -0.2) is 4.79 Å². The van der Waals surface area contributed by atoms with Crippen molar-refractivity contribution in [3.8, 4) is 0 Å². The molecule has 13 heavy (non-hydrogen) atoms. The molecular formula is C6H8F4O3. The Hall–Kier alpha value is -0.850. The van der Waals surface area contributed by atoms with E-state index in [9.17, 15) is 22.4 Å². The van der Waals surface area contributed by atoms with Crippen molar-refractivity contribution in [2.24, 2.45) is 0 Å². The van der Waals surface area contributed by atoms with Gasteiger partial charge in [0.1, 0.15) is 0 Å². The Morgan fingerprint density at radius 1 is 1.31 bits per heavy atom. The Labute approximate surface area is 71.6 Å². The predicted octanol–water partition coefficient (Wildman–Crippen LogP) is 1.42. The van der Waals surface area contributed by atoms with Gasteiger partial charge < -0.3 is 9.47 Å². The maximum absolute atomic E-state index is 12.9. The van der Waals surface area contributed by atoms with Crippen LogP contribution in [0.3, 0.4) is 0 Å². The number of halogens is 4. The molecule has 7 heteroatoms. The van der Waals surface area contributed by atoms with Crippen LogP contribution in [0.25, 0.3) is 0 Å². The first-order valence-corrected chi connectivity index (χ1v) is 3.27. The number of carbonyl (C=O) groups is 1. The first kappa shape index (κ1) is 12.2. The summed E-state index contributed by atoms with van der Waals surface area (Å²) in [5.74, 6) is -6.47. The Morgan fingerprint density at radius 2 is 1.77 bits per heavy atom. The zero-order valence-corrected chi connectivity index (χ0v) is 6.94. The fourth-order valence-corrected chi connectivity index (χ4v) is 0.587. The van der Waals surface area contributed by atoms with Crippen LogP contribution in [-0.4, -0.2) is 31.7 Å². The van der Waals surface area contributed by atoms with Crippen molar-refractivity contribution >= 4 is 5.97 Å². The number of carbonyl (C=O) groups excluding carboxylic acids is 1. The van der Waals surface area contributed by atoms with Crippen LogP contribution in [0, 0.1) is 0 Å². The minimum Gasteiger partial charge on any atom is -0.465 e. The van der Waals surface area contributed by atoms with Crippen molar-refractivity contribution < 1.29 is 31.8 Å². The average Bonchev–Trinajstić information content (AvgIpc) is 2.01. The van der Waals surface area contributed by atoms with Gasteiger partial charge in [-0.05, 0) is 6.92 Å². The van der Waals surface area contributed by atoms with Gasteiger partial charge in [-0.15, -0.1) is 0 Å². The van der Waals surface area contributed by atoms with E-state index in [-0.39, 0.29) is 0 Å². The molecule has 0 saturated carbocycles. The lowest BCUT2D eigenvalue weighted by atomic mass is 10.3. The normalized spacial score (nSPS) is 16.5. The molecule has 3 nitrogen and oxygen atoms in total. The second-order valence-electron chi connectivity index (χ2n) is 2.02. The number of rotatable bonds is 3. The highest BCUT2D eigenvalue weighted by atomic mass is 19.4. The Balaban J connectivity index is 4.83. The van der Waals surface area contributed by atoms with Gasteiger partial charge in [0.2, 0.25) is 0 Å². The first-order chi connectivity index (χ1) is 5.79. The molecule has 0 fully saturated rings. The highest BCUT2D eigenvalue weighted by Crippen LogP contribution is 2.35. The highest BCUT2D eigenvalue weighted by Gasteiger charge is 2.64. The molecule has 1 unspecified atom stereocenters. The summed E-state index contributed by atoms with van der Waals surface area (Å²) < 4.78 is 56.0. The van der Waals surface area contributed by atoms with Crippen molar-refractivity contribution in [1.82, 2.24) is 0 Å². The van der Waals surface area contributed by atoms with Crippen LogP contribution >= 0.6 is 0 Å². The third-order valence-corrected chi connectivity index (χ3v) is 1.16. The van der Waals surface area contributed by atoms with E-state index >= 15 is 0 Å². The number of esters is 1. The maximum atomic E-state index is 12.9. The molecule has 0 aromatic heterocycles. The molecule has 0 heterocycles. The summed E-state index contributed by atoms with van der Waals surface area (Å²) in [4.78, 5) is 10.4. The molecule has 0 spiro atoms. The SMILES string of the molecule is CCOC(F)(C(=O)OC)C(F)(F)F. The fraction of sp³-hybridized carbons (Fsp3) is 0.833. The molecule has 0 aliphatic rings. The minimum absolute atomic E-state index is 0.592. The zero-order valence-electron chi connectivity index (χ0n) is 6.94. The lowest BCUT2D eigenvalue weighted by Crippen LogP contribution is -2.51. The molecule has 0 aromatic rings. The molecule has 0 saturated heterocycles. The molecule has 0 bridgehead atoms. The molecule has 78 valence electrons. The van der Waals surface area contributed by atoms with E-state index in [0.717, 1.165) is 6.92 Å². The van der Waals surface area contributed by atoms with E-state index in [0.29, 0.717) is 7.11 Å². The van der Waals surface area contributed by atoms with Crippen LogP contribution < -0.4 is 0 Å². The summed E-state index contributed by atoms with van der Waals surface area (Å²) in [6, 6.07) is 0. The molecule has 0 rings (SSSR count). The van der Waals surface area contributed by atoms with E-state index in [1.54, 1.807) is 0 Å². The quantitative estimate of drug-likeness (QED) is 0.515. The number of hydrogen-bond acceptors (Lipinski definition) is 3. The van der Waals surface area contributed by atoms with Crippen molar-refractivity contribution in [3.05, 3.63) is 0 Å². The van der Waals surface area contributed by atoms with Crippen LogP contribution in [0.15, 0.2) is 0 Å². The van der Waals surface area contributed by atoms with E-state index in [4.69, 9.17) is 0 Å². The number of methoxy groups -OCH3 is 1. The summed E-state index contributed by atoms with van der Waals surface area (Å²) >= 11 is 0. The third-order valence-electron chi connectivity index (χ3n) is 1.16. The average molecular weight is 204 g/mol. The van der Waals surface area contributed by atoms with Crippen LogP contribution in [0.5, 0.6) is 0 Å². The Bertz CT molecular complexity index is 191. The fourth-order valence-electron chi connectivity index (χ4n) is 0.587. The van der Waals surface area contributed by atoms with Gasteiger partial charge in [0.25, 0.3) is 0 Å². The monoisotopic (exact) mass is 204 g/mol. The van der Waals surface area contributed by atoms with Gasteiger partial charge in [-0.2, -0.15) is 17.6 Å². The topological polar surface area (TPSA) is 35.5 Å². The summed E-state index contributed by atoms with van der Waals surface area (Å²) in [6.07, 6.45) is -5.43. The second-order valence-corrected chi connectivity index (χ2v) is 2.02. The standard InChI is InChI=1S/C6H8F4O3/c1-3-13-5(7,4(11)12-2)6(8,9)10/h3H2,1-2H3. The third kappa shape index (κ3) is 2.30. The van der Waals surface area contributed by atoms with E-state index in [2.05, 4.69) is 9.47 Å². The van der Waals surface area contributed by atoms with Gasteiger partial charge in [-0.1, -0.05) is 0 Å². The van der Waals surface area contributed by atoms with Gasteiger partial charge in [0.15, 0.2) is 0 Å². The van der Waals surface area contributed by atoms with Crippen LogP contribution in [-0.2, 0) is 14.3 Å². The van der Waals surface area contributed by atoms with Crippen LogP contribution in [0.4, 0.5) is 17.6 Å². The smallest absolute Gasteiger partial charge is 0.460 e. The van der Waals surface area contributed by atoms with Gasteiger partial charge >= 0.3 is 18.0 Å². The maximum Gasteiger partial charge on any atom is 0.460 e. The summed E-state index contributed by atoms with van der Waals surface area (Å²) in [5.41, 5.74) is 0. The number of ether oxygens (including phenoxy) is 2. The Morgan fingerprint density at radius 3 is 2.00 bits per heavy atom. The molecular weight excluding hydrogens is 196 g/mol. The minimum atomic E-state index is -5.43. The molecule has 0 aromatic carbocycles. The first-order valence-electron chi connectivity index (χ1n) is 3.27. The lowest BCUT2D eigenvalue weighted by molar-refractivity contribution is -0.322. The summed E-state index contributed by atoms with van der Waals surface area (Å²) in [7, 11) is 0.640. The Kier molecular flexibility index (Phi) is 3.65. The van der Waals surface area contributed by atoms with Crippen molar-refractivity contribution in [2.75, 3.05) is 13.7 Å². The van der Waals surface area contributed by atoms with Crippen molar-refractivity contribution in [2.45, 2.75) is 19.0 Å². The molecule has 1 atom stereocenters. The molecule has 0 aliphatic heterocycles. The lowest BCUT2D eigenvalue weighted by Gasteiger charge is -2.24. The van der Waals surface area contributed by atoms with Crippen molar-refractivity contribution in [1.29, 1.82) is 0 Å². The largest absolute Gasteiger partial charge is 0.465 e. The second kappa shape index (κ2) is 3.91. The van der Waals surface area contributed by atoms with Gasteiger partial charge in [0.05, 0.1) is 7.11 Å². The van der Waals surface area contributed by atoms with Gasteiger partial charge in [0, 0.05) is 6.61 Å².